The highest BCUT2D eigenvalue weighted by molar-refractivity contribution is 5.81. The van der Waals surface area contributed by atoms with Gasteiger partial charge in [-0.2, -0.15) is 13.2 Å². The van der Waals surface area contributed by atoms with E-state index in [2.05, 4.69) is 9.97 Å². The minimum absolute atomic E-state index is 0.244. The molecule has 1 atom stereocenters. The number of nitrogens with zero attached hydrogens (tertiary/aromatic N) is 1. The molecule has 0 radical (unpaired) electrons. The van der Waals surface area contributed by atoms with Crippen LogP contribution in [0.25, 0.3) is 11.0 Å². The van der Waals surface area contributed by atoms with E-state index in [1.54, 1.807) is 13.8 Å². The second-order valence-electron chi connectivity index (χ2n) is 4.56. The van der Waals surface area contributed by atoms with Crippen LogP contribution in [0, 0.1) is 0 Å². The van der Waals surface area contributed by atoms with Gasteiger partial charge in [0.05, 0.1) is 23.2 Å². The van der Waals surface area contributed by atoms with Gasteiger partial charge in [-0.15, -0.1) is 0 Å². The molecular weight excluding hydrogens is 285 g/mol. The van der Waals surface area contributed by atoms with Crippen LogP contribution in [-0.4, -0.2) is 22.5 Å². The second-order valence-corrected chi connectivity index (χ2v) is 4.56. The van der Waals surface area contributed by atoms with Crippen LogP contribution >= 0.6 is 0 Å². The van der Waals surface area contributed by atoms with E-state index in [0.717, 1.165) is 12.1 Å². The normalized spacial score (nSPS) is 13.4. The molecule has 0 saturated carbocycles. The molecular formula is C14H15F3N2O2. The number of aromatic amines is 1. The summed E-state index contributed by atoms with van der Waals surface area (Å²) in [5, 5.41) is 0. The van der Waals surface area contributed by atoms with Gasteiger partial charge in [-0.25, -0.2) is 4.98 Å². The Labute approximate surface area is 119 Å². The van der Waals surface area contributed by atoms with Gasteiger partial charge in [0.15, 0.2) is 0 Å². The van der Waals surface area contributed by atoms with Gasteiger partial charge in [0, 0.05) is 0 Å². The van der Waals surface area contributed by atoms with Crippen molar-refractivity contribution in [3.63, 3.8) is 0 Å². The van der Waals surface area contributed by atoms with E-state index in [1.807, 2.05) is 0 Å². The first-order chi connectivity index (χ1) is 9.86. The minimum atomic E-state index is -4.41. The lowest BCUT2D eigenvalue weighted by Crippen LogP contribution is -2.16. The van der Waals surface area contributed by atoms with Crippen molar-refractivity contribution in [3.05, 3.63) is 29.6 Å². The third kappa shape index (κ3) is 3.17. The fourth-order valence-corrected chi connectivity index (χ4v) is 2.09. The molecule has 0 aliphatic carbocycles. The molecule has 4 nitrogen and oxygen atoms in total. The Morgan fingerprint density at radius 1 is 1.38 bits per heavy atom. The predicted molar refractivity (Wildman–Crippen MR) is 70.8 cm³/mol. The number of esters is 1. The van der Waals surface area contributed by atoms with Crippen molar-refractivity contribution >= 4 is 17.0 Å². The summed E-state index contributed by atoms with van der Waals surface area (Å²) >= 11 is 0. The van der Waals surface area contributed by atoms with Crippen molar-refractivity contribution in [1.82, 2.24) is 9.97 Å². The third-order valence-corrected chi connectivity index (χ3v) is 3.14. The second kappa shape index (κ2) is 5.75. The van der Waals surface area contributed by atoms with Crippen molar-refractivity contribution in [2.75, 3.05) is 6.61 Å². The molecule has 0 saturated heterocycles. The fourth-order valence-electron chi connectivity index (χ4n) is 2.09. The molecule has 7 heteroatoms. The number of imidazole rings is 1. The molecule has 2 rings (SSSR count). The van der Waals surface area contributed by atoms with Crippen molar-refractivity contribution in [3.8, 4) is 0 Å². The zero-order chi connectivity index (χ0) is 15.6. The topological polar surface area (TPSA) is 55.0 Å². The molecule has 0 fully saturated rings. The Morgan fingerprint density at radius 2 is 2.10 bits per heavy atom. The van der Waals surface area contributed by atoms with Gasteiger partial charge in [0.1, 0.15) is 11.7 Å². The molecule has 1 N–H and O–H groups in total. The van der Waals surface area contributed by atoms with Gasteiger partial charge in [-0.05, 0) is 31.5 Å². The first kappa shape index (κ1) is 15.3. The van der Waals surface area contributed by atoms with Crippen LogP contribution in [0.3, 0.4) is 0 Å². The zero-order valence-electron chi connectivity index (χ0n) is 11.6. The molecule has 1 unspecified atom stereocenters. The average molecular weight is 300 g/mol. The van der Waals surface area contributed by atoms with Crippen LogP contribution in [0.1, 0.15) is 37.6 Å². The molecule has 114 valence electrons. The first-order valence-corrected chi connectivity index (χ1v) is 6.60. The van der Waals surface area contributed by atoms with E-state index in [9.17, 15) is 18.0 Å². The van der Waals surface area contributed by atoms with Crippen molar-refractivity contribution in [2.24, 2.45) is 0 Å². The van der Waals surface area contributed by atoms with Crippen LogP contribution in [0.15, 0.2) is 18.2 Å². The summed E-state index contributed by atoms with van der Waals surface area (Å²) in [6.07, 6.45) is -3.96. The van der Waals surface area contributed by atoms with E-state index in [0.29, 0.717) is 17.8 Å². The monoisotopic (exact) mass is 300 g/mol. The van der Waals surface area contributed by atoms with Crippen LogP contribution in [-0.2, 0) is 15.7 Å². The summed E-state index contributed by atoms with van der Waals surface area (Å²) in [6.45, 7) is 3.72. The maximum atomic E-state index is 12.7. The zero-order valence-corrected chi connectivity index (χ0v) is 11.6. The quantitative estimate of drug-likeness (QED) is 0.877. The number of carbonyl (C=O) groups excluding carboxylic acids is 1. The summed E-state index contributed by atoms with van der Waals surface area (Å²) in [4.78, 5) is 18.8. The van der Waals surface area contributed by atoms with Gasteiger partial charge in [0.25, 0.3) is 0 Å². The van der Waals surface area contributed by atoms with Gasteiger partial charge in [-0.1, -0.05) is 6.92 Å². The van der Waals surface area contributed by atoms with Gasteiger partial charge < -0.3 is 9.72 Å². The van der Waals surface area contributed by atoms with Gasteiger partial charge in [-0.3, -0.25) is 4.79 Å². The number of aromatic nitrogens is 2. The average Bonchev–Trinajstić information content (AvgIpc) is 2.81. The number of carbonyl (C=O) groups is 1. The van der Waals surface area contributed by atoms with Crippen LogP contribution in [0.5, 0.6) is 0 Å². The number of halogens is 3. The fraction of sp³-hybridized carbons (Fsp3) is 0.429. The predicted octanol–water partition coefficient (Wildman–Crippen LogP) is 3.64. The smallest absolute Gasteiger partial charge is 0.416 e. The van der Waals surface area contributed by atoms with Gasteiger partial charge in [0.2, 0.25) is 0 Å². The Kier molecular flexibility index (Phi) is 4.20. The highest BCUT2D eigenvalue weighted by Crippen LogP contribution is 2.31. The van der Waals surface area contributed by atoms with E-state index >= 15 is 0 Å². The molecule has 1 aromatic carbocycles. The number of hydrogen-bond donors (Lipinski definition) is 1. The number of alkyl halides is 3. The molecule has 0 aliphatic heterocycles. The maximum absolute atomic E-state index is 12.7. The SMILES string of the molecule is CCOC(=O)C(CC)c1nc2ccc(C(F)(F)F)cc2[nH]1. The Hall–Kier alpha value is -2.05. The summed E-state index contributed by atoms with van der Waals surface area (Å²) < 4.78 is 42.9. The highest BCUT2D eigenvalue weighted by atomic mass is 19.4. The number of hydrogen-bond acceptors (Lipinski definition) is 3. The summed E-state index contributed by atoms with van der Waals surface area (Å²) in [5.74, 6) is -0.716. The minimum Gasteiger partial charge on any atom is -0.465 e. The maximum Gasteiger partial charge on any atom is 0.416 e. The summed E-state index contributed by atoms with van der Waals surface area (Å²) in [5.41, 5.74) is -0.113. The van der Waals surface area contributed by atoms with E-state index < -0.39 is 23.6 Å². The lowest BCUT2D eigenvalue weighted by molar-refractivity contribution is -0.145. The largest absolute Gasteiger partial charge is 0.465 e. The molecule has 21 heavy (non-hydrogen) atoms. The highest BCUT2D eigenvalue weighted by Gasteiger charge is 2.31. The molecule has 0 aliphatic rings. The molecule has 1 heterocycles. The van der Waals surface area contributed by atoms with Crippen LogP contribution in [0.2, 0.25) is 0 Å². The summed E-state index contributed by atoms with van der Waals surface area (Å²) in [6, 6.07) is 3.25. The number of fused-ring (bicyclic) bond motifs is 1. The molecule has 0 amide bonds. The third-order valence-electron chi connectivity index (χ3n) is 3.14. The number of H-pyrrole nitrogens is 1. The number of nitrogens with one attached hydrogen (secondary N) is 1. The Bertz CT molecular complexity index is 649. The molecule has 0 spiro atoms. The number of benzene rings is 1. The molecule has 0 bridgehead atoms. The van der Waals surface area contributed by atoms with Crippen LogP contribution in [0.4, 0.5) is 13.2 Å². The lowest BCUT2D eigenvalue weighted by Gasteiger charge is -2.10. The van der Waals surface area contributed by atoms with Crippen molar-refractivity contribution in [2.45, 2.75) is 32.4 Å². The standard InChI is InChI=1S/C14H15F3N2O2/c1-3-9(13(20)21-4-2)12-18-10-6-5-8(14(15,16)17)7-11(10)19-12/h5-7,9H,3-4H2,1-2H3,(H,18,19). The lowest BCUT2D eigenvalue weighted by atomic mass is 10.1. The Balaban J connectivity index is 2.40. The summed E-state index contributed by atoms with van der Waals surface area (Å²) in [7, 11) is 0. The number of ether oxygens (including phenoxy) is 1. The Morgan fingerprint density at radius 3 is 2.67 bits per heavy atom. The first-order valence-electron chi connectivity index (χ1n) is 6.60. The van der Waals surface area contributed by atoms with E-state index in [1.165, 1.54) is 6.07 Å². The molecule has 2 aromatic rings. The van der Waals surface area contributed by atoms with Crippen molar-refractivity contribution < 1.29 is 22.7 Å². The van der Waals surface area contributed by atoms with E-state index in [-0.39, 0.29) is 12.1 Å². The van der Waals surface area contributed by atoms with Crippen LogP contribution < -0.4 is 0 Å². The number of rotatable bonds is 4. The molecule has 1 aromatic heterocycles. The van der Waals surface area contributed by atoms with Gasteiger partial charge >= 0.3 is 12.1 Å². The van der Waals surface area contributed by atoms with Crippen molar-refractivity contribution in [1.29, 1.82) is 0 Å². The van der Waals surface area contributed by atoms with E-state index in [4.69, 9.17) is 4.74 Å².